The summed E-state index contributed by atoms with van der Waals surface area (Å²) in [6, 6.07) is 9.57. The summed E-state index contributed by atoms with van der Waals surface area (Å²) in [5.74, 6) is -0.0942. The molecule has 0 aliphatic carbocycles. The average molecular weight is 350 g/mol. The SMILES string of the molecule is CCn1cc(-c2cc(C(=O)NCC3CCCO3)c3ccccc3n2)cn1. The summed E-state index contributed by atoms with van der Waals surface area (Å²) in [6.45, 7) is 4.15. The molecular weight excluding hydrogens is 328 g/mol. The lowest BCUT2D eigenvalue weighted by molar-refractivity contribution is 0.0859. The van der Waals surface area contributed by atoms with Gasteiger partial charge < -0.3 is 10.1 Å². The van der Waals surface area contributed by atoms with E-state index in [0.29, 0.717) is 12.1 Å². The van der Waals surface area contributed by atoms with Gasteiger partial charge in [-0.1, -0.05) is 18.2 Å². The van der Waals surface area contributed by atoms with Crippen LogP contribution >= 0.6 is 0 Å². The molecule has 0 saturated carbocycles. The number of aromatic nitrogens is 3. The highest BCUT2D eigenvalue weighted by Crippen LogP contribution is 2.24. The molecule has 1 fully saturated rings. The maximum Gasteiger partial charge on any atom is 0.252 e. The largest absolute Gasteiger partial charge is 0.376 e. The number of benzene rings is 1. The zero-order valence-corrected chi connectivity index (χ0v) is 14.8. The van der Waals surface area contributed by atoms with Crippen LogP contribution in [0.25, 0.3) is 22.2 Å². The summed E-state index contributed by atoms with van der Waals surface area (Å²) in [7, 11) is 0. The normalized spacial score (nSPS) is 16.9. The van der Waals surface area contributed by atoms with Crippen LogP contribution in [-0.4, -0.2) is 39.9 Å². The third kappa shape index (κ3) is 3.32. The molecule has 134 valence electrons. The molecule has 1 aromatic carbocycles. The highest BCUT2D eigenvalue weighted by Gasteiger charge is 2.19. The van der Waals surface area contributed by atoms with Crippen LogP contribution in [0.1, 0.15) is 30.1 Å². The van der Waals surface area contributed by atoms with Gasteiger partial charge >= 0.3 is 0 Å². The van der Waals surface area contributed by atoms with E-state index in [1.807, 2.05) is 48.1 Å². The van der Waals surface area contributed by atoms with Gasteiger partial charge in [0.15, 0.2) is 0 Å². The fourth-order valence-electron chi connectivity index (χ4n) is 3.29. The number of fused-ring (bicyclic) bond motifs is 1. The fourth-order valence-corrected chi connectivity index (χ4v) is 3.29. The lowest BCUT2D eigenvalue weighted by Crippen LogP contribution is -2.31. The number of carbonyl (C=O) groups is 1. The molecule has 1 aliphatic heterocycles. The van der Waals surface area contributed by atoms with E-state index in [1.54, 1.807) is 6.20 Å². The number of ether oxygens (including phenoxy) is 1. The quantitative estimate of drug-likeness (QED) is 0.768. The van der Waals surface area contributed by atoms with E-state index in [4.69, 9.17) is 9.72 Å². The van der Waals surface area contributed by atoms with Gasteiger partial charge in [0.2, 0.25) is 0 Å². The molecule has 1 saturated heterocycles. The third-order valence-corrected chi connectivity index (χ3v) is 4.73. The van der Waals surface area contributed by atoms with E-state index in [9.17, 15) is 4.79 Å². The molecule has 0 bridgehead atoms. The Labute approximate surface area is 152 Å². The molecule has 0 radical (unpaired) electrons. The van der Waals surface area contributed by atoms with Gasteiger partial charge in [0.05, 0.1) is 29.1 Å². The Morgan fingerprint density at radius 2 is 2.27 bits per heavy atom. The summed E-state index contributed by atoms with van der Waals surface area (Å²) >= 11 is 0. The van der Waals surface area contributed by atoms with E-state index in [-0.39, 0.29) is 12.0 Å². The van der Waals surface area contributed by atoms with Gasteiger partial charge in [-0.2, -0.15) is 5.10 Å². The first-order valence-electron chi connectivity index (χ1n) is 9.07. The fraction of sp³-hybridized carbons (Fsp3) is 0.350. The van der Waals surface area contributed by atoms with Crippen molar-refractivity contribution in [2.75, 3.05) is 13.2 Å². The monoisotopic (exact) mass is 350 g/mol. The van der Waals surface area contributed by atoms with Gasteiger partial charge in [-0.3, -0.25) is 9.48 Å². The first-order valence-corrected chi connectivity index (χ1v) is 9.07. The van der Waals surface area contributed by atoms with Crippen molar-refractivity contribution in [1.29, 1.82) is 0 Å². The smallest absolute Gasteiger partial charge is 0.252 e. The minimum Gasteiger partial charge on any atom is -0.376 e. The van der Waals surface area contributed by atoms with Gasteiger partial charge in [-0.05, 0) is 31.9 Å². The van der Waals surface area contributed by atoms with Crippen molar-refractivity contribution in [2.24, 2.45) is 0 Å². The highest BCUT2D eigenvalue weighted by molar-refractivity contribution is 6.07. The number of carbonyl (C=O) groups excluding carboxylic acids is 1. The van der Waals surface area contributed by atoms with Gasteiger partial charge in [0, 0.05) is 36.8 Å². The predicted molar refractivity (Wildman–Crippen MR) is 99.9 cm³/mol. The lowest BCUT2D eigenvalue weighted by atomic mass is 10.0. The highest BCUT2D eigenvalue weighted by atomic mass is 16.5. The Hall–Kier alpha value is -2.73. The molecule has 0 spiro atoms. The van der Waals surface area contributed by atoms with E-state index < -0.39 is 0 Å². The molecule has 1 atom stereocenters. The Bertz CT molecular complexity index is 928. The molecule has 1 aliphatic rings. The number of nitrogens with zero attached hydrogens (tertiary/aromatic N) is 3. The Balaban J connectivity index is 1.68. The molecule has 26 heavy (non-hydrogen) atoms. The molecule has 6 nitrogen and oxygen atoms in total. The molecule has 4 rings (SSSR count). The van der Waals surface area contributed by atoms with Crippen molar-refractivity contribution in [3.05, 3.63) is 48.3 Å². The second kappa shape index (κ2) is 7.25. The molecule has 1 amide bonds. The van der Waals surface area contributed by atoms with Crippen LogP contribution in [0.4, 0.5) is 0 Å². The standard InChI is InChI=1S/C20H22N4O2/c1-2-24-13-14(11-22-24)19-10-17(16-7-3-4-8-18(16)23-19)20(25)21-12-15-6-5-9-26-15/h3-4,7-8,10-11,13,15H,2,5-6,9,12H2,1H3,(H,21,25). The first kappa shape index (κ1) is 16.7. The van der Waals surface area contributed by atoms with Gasteiger partial charge in [-0.25, -0.2) is 4.98 Å². The van der Waals surface area contributed by atoms with Gasteiger partial charge in [-0.15, -0.1) is 0 Å². The summed E-state index contributed by atoms with van der Waals surface area (Å²) in [5.41, 5.74) is 3.10. The van der Waals surface area contributed by atoms with Crippen molar-refractivity contribution >= 4 is 16.8 Å². The second-order valence-corrected chi connectivity index (χ2v) is 6.50. The molecule has 3 aromatic rings. The van der Waals surface area contributed by atoms with Crippen LogP contribution in [0.3, 0.4) is 0 Å². The first-order chi connectivity index (χ1) is 12.7. The summed E-state index contributed by atoms with van der Waals surface area (Å²) < 4.78 is 7.45. The van der Waals surface area contributed by atoms with Gasteiger partial charge in [0.25, 0.3) is 5.91 Å². The molecule has 1 N–H and O–H groups in total. The number of hydrogen-bond donors (Lipinski definition) is 1. The summed E-state index contributed by atoms with van der Waals surface area (Å²) in [5, 5.41) is 8.18. The second-order valence-electron chi connectivity index (χ2n) is 6.50. The minimum absolute atomic E-state index is 0.0942. The van der Waals surface area contributed by atoms with Crippen LogP contribution in [0.15, 0.2) is 42.7 Å². The van der Waals surface area contributed by atoms with Crippen molar-refractivity contribution in [3.63, 3.8) is 0 Å². The molecule has 3 heterocycles. The molecule has 1 unspecified atom stereocenters. The van der Waals surface area contributed by atoms with E-state index in [0.717, 1.165) is 48.2 Å². The summed E-state index contributed by atoms with van der Waals surface area (Å²) in [6.07, 6.45) is 5.91. The number of hydrogen-bond acceptors (Lipinski definition) is 4. The number of para-hydroxylation sites is 1. The van der Waals surface area contributed by atoms with Crippen LogP contribution in [-0.2, 0) is 11.3 Å². The van der Waals surface area contributed by atoms with Gasteiger partial charge in [0.1, 0.15) is 0 Å². The average Bonchev–Trinajstić information content (AvgIpc) is 3.36. The van der Waals surface area contributed by atoms with Crippen LogP contribution < -0.4 is 5.32 Å². The number of pyridine rings is 1. The zero-order chi connectivity index (χ0) is 17.9. The Morgan fingerprint density at radius 1 is 1.38 bits per heavy atom. The molecule has 6 heteroatoms. The number of nitrogens with one attached hydrogen (secondary N) is 1. The zero-order valence-electron chi connectivity index (χ0n) is 14.8. The summed E-state index contributed by atoms with van der Waals surface area (Å²) in [4.78, 5) is 17.6. The maximum absolute atomic E-state index is 12.8. The predicted octanol–water partition coefficient (Wildman–Crippen LogP) is 3.03. The van der Waals surface area contributed by atoms with E-state index in [1.165, 1.54) is 0 Å². The maximum atomic E-state index is 12.8. The Kier molecular flexibility index (Phi) is 4.67. The molecule has 2 aromatic heterocycles. The van der Waals surface area contributed by atoms with Crippen LogP contribution in [0, 0.1) is 0 Å². The number of amides is 1. The minimum atomic E-state index is -0.0942. The lowest BCUT2D eigenvalue weighted by Gasteiger charge is -2.13. The van der Waals surface area contributed by atoms with Crippen LogP contribution in [0.2, 0.25) is 0 Å². The topological polar surface area (TPSA) is 69.0 Å². The number of rotatable bonds is 5. The van der Waals surface area contributed by atoms with E-state index in [2.05, 4.69) is 10.4 Å². The Morgan fingerprint density at radius 3 is 3.04 bits per heavy atom. The van der Waals surface area contributed by atoms with Crippen LogP contribution in [0.5, 0.6) is 0 Å². The van der Waals surface area contributed by atoms with Crippen molar-refractivity contribution < 1.29 is 9.53 Å². The third-order valence-electron chi connectivity index (χ3n) is 4.73. The van der Waals surface area contributed by atoms with Crippen molar-refractivity contribution in [1.82, 2.24) is 20.1 Å². The molecular formula is C20H22N4O2. The van der Waals surface area contributed by atoms with Crippen molar-refractivity contribution in [2.45, 2.75) is 32.4 Å². The number of aryl methyl sites for hydroxylation is 1. The van der Waals surface area contributed by atoms with Crippen molar-refractivity contribution in [3.8, 4) is 11.3 Å². The van der Waals surface area contributed by atoms with E-state index >= 15 is 0 Å².